The smallest absolute Gasteiger partial charge is 0.0571 e. The predicted molar refractivity (Wildman–Crippen MR) is 170 cm³/mol. The fourth-order valence-corrected chi connectivity index (χ4v) is 8.37. The standard InChI is InChI=1S/C38H40N2/c1-37(27-28-15-6-4-7-16-28)31-19-10-11-20-32(31)39(2)34(37)21-14-22-35-38(25-12-5-13-26-38)36-30-18-9-8-17-29(30)23-24-33(36)40(35)3/h4,6-11,14-24,34H,5,12-13,25-27H2,1-3H3. The largest absolute Gasteiger partial charge is 0.367 e. The highest BCUT2D eigenvalue weighted by molar-refractivity contribution is 5.95. The number of rotatable bonds is 4. The summed E-state index contributed by atoms with van der Waals surface area (Å²) in [4.78, 5) is 4.98. The number of allylic oxidation sites excluding steroid dienone is 3. The van der Waals surface area contributed by atoms with Crippen LogP contribution in [0.4, 0.5) is 11.4 Å². The summed E-state index contributed by atoms with van der Waals surface area (Å²) in [5, 5.41) is 2.79. The second-order valence-corrected chi connectivity index (χ2v) is 12.5. The van der Waals surface area contributed by atoms with Crippen molar-refractivity contribution in [1.82, 2.24) is 0 Å². The lowest BCUT2D eigenvalue weighted by atomic mass is 9.67. The zero-order chi connectivity index (χ0) is 27.3. The predicted octanol–water partition coefficient (Wildman–Crippen LogP) is 8.95. The van der Waals surface area contributed by atoms with E-state index in [-0.39, 0.29) is 16.9 Å². The molecule has 1 aliphatic carbocycles. The Morgan fingerprint density at radius 2 is 1.50 bits per heavy atom. The second-order valence-electron chi connectivity index (χ2n) is 12.5. The maximum Gasteiger partial charge on any atom is 0.0571 e. The van der Waals surface area contributed by atoms with Gasteiger partial charge >= 0.3 is 0 Å². The number of anilines is 2. The van der Waals surface area contributed by atoms with Gasteiger partial charge in [-0.25, -0.2) is 0 Å². The van der Waals surface area contributed by atoms with E-state index in [1.165, 1.54) is 71.1 Å². The van der Waals surface area contributed by atoms with E-state index >= 15 is 0 Å². The van der Waals surface area contributed by atoms with E-state index in [4.69, 9.17) is 0 Å². The average molecular weight is 525 g/mol. The van der Waals surface area contributed by atoms with Crippen LogP contribution in [0.15, 0.2) is 115 Å². The second kappa shape index (κ2) is 9.70. The van der Waals surface area contributed by atoms with Gasteiger partial charge in [-0.3, -0.25) is 0 Å². The van der Waals surface area contributed by atoms with Gasteiger partial charge in [0.15, 0.2) is 0 Å². The highest BCUT2D eigenvalue weighted by Crippen LogP contribution is 2.57. The molecular formula is C38H40N2. The van der Waals surface area contributed by atoms with Crippen molar-refractivity contribution in [2.24, 2.45) is 0 Å². The number of para-hydroxylation sites is 1. The van der Waals surface area contributed by atoms with Crippen molar-refractivity contribution in [3.63, 3.8) is 0 Å². The molecule has 40 heavy (non-hydrogen) atoms. The van der Waals surface area contributed by atoms with Crippen LogP contribution in [0, 0.1) is 0 Å². The van der Waals surface area contributed by atoms with E-state index in [0.717, 1.165) is 6.42 Å². The third-order valence-corrected chi connectivity index (χ3v) is 10.2. The van der Waals surface area contributed by atoms with Crippen LogP contribution >= 0.6 is 0 Å². The van der Waals surface area contributed by atoms with Gasteiger partial charge in [0.25, 0.3) is 0 Å². The molecule has 0 radical (unpaired) electrons. The van der Waals surface area contributed by atoms with Gasteiger partial charge in [-0.2, -0.15) is 0 Å². The van der Waals surface area contributed by atoms with Crippen molar-refractivity contribution >= 4 is 22.1 Å². The van der Waals surface area contributed by atoms with E-state index in [1.54, 1.807) is 5.56 Å². The average Bonchev–Trinajstić information content (AvgIpc) is 3.34. The highest BCUT2D eigenvalue weighted by atomic mass is 15.2. The lowest BCUT2D eigenvalue weighted by molar-refractivity contribution is 0.348. The monoisotopic (exact) mass is 524 g/mol. The fourth-order valence-electron chi connectivity index (χ4n) is 8.37. The number of benzene rings is 4. The van der Waals surface area contributed by atoms with Crippen LogP contribution in [0.5, 0.6) is 0 Å². The summed E-state index contributed by atoms with van der Waals surface area (Å²) in [5.74, 6) is 0. The number of likely N-dealkylation sites (N-methyl/N-ethyl adjacent to an activating group) is 2. The SMILES string of the molecule is CN1C(=CC=CC2N(C)c3ccccc3C2(C)Cc2ccccc2)C2(CCCCC2)c2c1ccc1ccccc21. The zero-order valence-corrected chi connectivity index (χ0v) is 24.1. The minimum Gasteiger partial charge on any atom is -0.367 e. The summed E-state index contributed by atoms with van der Waals surface area (Å²) < 4.78 is 0. The van der Waals surface area contributed by atoms with Crippen molar-refractivity contribution in [3.8, 4) is 0 Å². The van der Waals surface area contributed by atoms with Crippen LogP contribution in [0.3, 0.4) is 0 Å². The van der Waals surface area contributed by atoms with Gasteiger partial charge in [0.1, 0.15) is 0 Å². The molecule has 2 heterocycles. The Morgan fingerprint density at radius 1 is 0.775 bits per heavy atom. The van der Waals surface area contributed by atoms with Gasteiger partial charge in [0.2, 0.25) is 0 Å². The molecule has 0 amide bonds. The number of nitrogens with zero attached hydrogens (tertiary/aromatic N) is 2. The molecule has 3 aliphatic rings. The Morgan fingerprint density at radius 3 is 2.33 bits per heavy atom. The van der Waals surface area contributed by atoms with Crippen LogP contribution in [-0.4, -0.2) is 20.1 Å². The highest BCUT2D eigenvalue weighted by Gasteiger charge is 2.48. The van der Waals surface area contributed by atoms with E-state index in [1.807, 2.05) is 0 Å². The van der Waals surface area contributed by atoms with E-state index in [2.05, 4.69) is 140 Å². The molecule has 2 unspecified atom stereocenters. The van der Waals surface area contributed by atoms with Crippen LogP contribution in [0.2, 0.25) is 0 Å². The molecule has 0 N–H and O–H groups in total. The Kier molecular flexibility index (Phi) is 6.11. The topological polar surface area (TPSA) is 6.48 Å². The summed E-state index contributed by atoms with van der Waals surface area (Å²) in [7, 11) is 4.55. The molecule has 0 aromatic heterocycles. The summed E-state index contributed by atoms with van der Waals surface area (Å²) in [6, 6.07) is 33.9. The summed E-state index contributed by atoms with van der Waals surface area (Å²) >= 11 is 0. The van der Waals surface area contributed by atoms with E-state index in [9.17, 15) is 0 Å². The molecule has 4 aromatic carbocycles. The first-order valence-electron chi connectivity index (χ1n) is 15.0. The third kappa shape index (κ3) is 3.76. The van der Waals surface area contributed by atoms with Crippen molar-refractivity contribution in [1.29, 1.82) is 0 Å². The summed E-state index contributed by atoms with van der Waals surface area (Å²) in [6.45, 7) is 2.46. The van der Waals surface area contributed by atoms with Crippen molar-refractivity contribution in [2.45, 2.75) is 62.3 Å². The van der Waals surface area contributed by atoms with Gasteiger partial charge in [-0.1, -0.05) is 117 Å². The molecule has 2 atom stereocenters. The Hall–Kier alpha value is -3.78. The van der Waals surface area contributed by atoms with Crippen molar-refractivity contribution in [3.05, 3.63) is 132 Å². The molecule has 1 spiro atoms. The Labute approximate surface area is 239 Å². The molecule has 2 heteroatoms. The Balaban J connectivity index is 1.30. The van der Waals surface area contributed by atoms with E-state index in [0.29, 0.717) is 0 Å². The van der Waals surface area contributed by atoms with Crippen molar-refractivity contribution in [2.75, 3.05) is 23.9 Å². The quantitative estimate of drug-likeness (QED) is 0.263. The normalized spacial score (nSPS) is 24.4. The minimum absolute atomic E-state index is 0.00896. The van der Waals surface area contributed by atoms with Crippen LogP contribution in [0.25, 0.3) is 10.8 Å². The maximum atomic E-state index is 2.49. The van der Waals surface area contributed by atoms with Gasteiger partial charge < -0.3 is 9.80 Å². The zero-order valence-electron chi connectivity index (χ0n) is 24.1. The molecule has 202 valence electrons. The lowest BCUT2D eigenvalue weighted by Crippen LogP contribution is -2.41. The van der Waals surface area contributed by atoms with Crippen molar-refractivity contribution < 1.29 is 0 Å². The molecule has 2 aliphatic heterocycles. The molecule has 1 saturated carbocycles. The first kappa shape index (κ1) is 25.2. The van der Waals surface area contributed by atoms with Crippen LogP contribution in [-0.2, 0) is 17.3 Å². The first-order valence-corrected chi connectivity index (χ1v) is 15.0. The Bertz CT molecular complexity index is 1610. The summed E-state index contributed by atoms with van der Waals surface area (Å²) in [6.07, 6.45) is 14.7. The summed E-state index contributed by atoms with van der Waals surface area (Å²) in [5.41, 5.74) is 8.71. The van der Waals surface area contributed by atoms with Gasteiger partial charge in [0, 0.05) is 42.0 Å². The molecule has 0 saturated heterocycles. The molecule has 0 bridgehead atoms. The fraction of sp³-hybridized carbons (Fsp3) is 0.316. The first-order chi connectivity index (χ1) is 19.5. The molecule has 2 nitrogen and oxygen atoms in total. The third-order valence-electron chi connectivity index (χ3n) is 10.2. The molecule has 7 rings (SSSR count). The lowest BCUT2D eigenvalue weighted by Gasteiger charge is -2.37. The van der Waals surface area contributed by atoms with Gasteiger partial charge in [0.05, 0.1) is 6.04 Å². The van der Waals surface area contributed by atoms with Crippen LogP contribution < -0.4 is 9.80 Å². The number of hydrogen-bond donors (Lipinski definition) is 0. The number of fused-ring (bicyclic) bond motifs is 5. The van der Waals surface area contributed by atoms with Gasteiger partial charge in [-0.05, 0) is 64.9 Å². The maximum absolute atomic E-state index is 2.49. The van der Waals surface area contributed by atoms with Gasteiger partial charge in [-0.15, -0.1) is 0 Å². The molecular weight excluding hydrogens is 484 g/mol. The number of hydrogen-bond acceptors (Lipinski definition) is 2. The van der Waals surface area contributed by atoms with Crippen LogP contribution in [0.1, 0.15) is 55.7 Å². The van der Waals surface area contributed by atoms with E-state index < -0.39 is 0 Å². The minimum atomic E-state index is -0.00896. The molecule has 4 aromatic rings. The molecule has 1 fully saturated rings.